The average Bonchev–Trinajstić information content (AvgIpc) is 2.66. The van der Waals surface area contributed by atoms with E-state index < -0.39 is 0 Å². The molecule has 5 fully saturated rings. The Morgan fingerprint density at radius 3 is 2.15 bits per heavy atom. The summed E-state index contributed by atoms with van der Waals surface area (Å²) in [5.41, 5.74) is 0.116. The molecule has 0 N–H and O–H groups in total. The molecule has 1 saturated heterocycles. The Labute approximate surface area is 123 Å². The zero-order valence-electron chi connectivity index (χ0n) is 12.8. The van der Waals surface area contributed by atoms with Crippen molar-refractivity contribution in [1.29, 1.82) is 0 Å². The van der Waals surface area contributed by atoms with Gasteiger partial charge in [-0.3, -0.25) is 9.69 Å². The van der Waals surface area contributed by atoms with E-state index in [1.807, 2.05) is 0 Å². The highest BCUT2D eigenvalue weighted by molar-refractivity contribution is 5.87. The van der Waals surface area contributed by atoms with Gasteiger partial charge in [0.25, 0.3) is 0 Å². The molecule has 5 rings (SSSR count). The van der Waals surface area contributed by atoms with Gasteiger partial charge in [0.05, 0.1) is 6.54 Å². The first-order valence-corrected chi connectivity index (χ1v) is 8.99. The molecule has 0 amide bonds. The Bertz CT molecular complexity index is 369. The summed E-state index contributed by atoms with van der Waals surface area (Å²) in [5.74, 6) is 3.28. The van der Waals surface area contributed by atoms with E-state index in [9.17, 15) is 4.79 Å². The summed E-state index contributed by atoms with van der Waals surface area (Å²) in [6.07, 6.45) is 13.4. The van der Waals surface area contributed by atoms with Crippen LogP contribution in [0.25, 0.3) is 0 Å². The minimum Gasteiger partial charge on any atom is -0.298 e. The maximum Gasteiger partial charge on any atom is 0.152 e. The summed E-state index contributed by atoms with van der Waals surface area (Å²) in [7, 11) is 0. The molecule has 0 spiro atoms. The van der Waals surface area contributed by atoms with Crippen molar-refractivity contribution >= 4 is 5.78 Å². The Hall–Kier alpha value is -0.370. The molecule has 112 valence electrons. The van der Waals surface area contributed by atoms with E-state index in [0.29, 0.717) is 5.78 Å². The minimum absolute atomic E-state index is 0.116. The van der Waals surface area contributed by atoms with Gasteiger partial charge in [-0.2, -0.15) is 0 Å². The summed E-state index contributed by atoms with van der Waals surface area (Å²) in [4.78, 5) is 15.5. The van der Waals surface area contributed by atoms with Gasteiger partial charge in [0, 0.05) is 5.41 Å². The quantitative estimate of drug-likeness (QED) is 0.783. The Morgan fingerprint density at radius 1 is 0.900 bits per heavy atom. The molecule has 0 aromatic carbocycles. The van der Waals surface area contributed by atoms with Crippen LogP contribution in [0.3, 0.4) is 0 Å². The van der Waals surface area contributed by atoms with E-state index >= 15 is 0 Å². The number of Topliss-reactive ketones (excluding diaryl/α,β-unsaturated/α-hetero) is 1. The van der Waals surface area contributed by atoms with E-state index in [1.54, 1.807) is 0 Å². The number of carbonyl (C=O) groups is 1. The summed E-state index contributed by atoms with van der Waals surface area (Å²) in [5, 5.41) is 0. The van der Waals surface area contributed by atoms with E-state index in [0.717, 1.165) is 37.4 Å². The van der Waals surface area contributed by atoms with Crippen LogP contribution in [0.4, 0.5) is 0 Å². The molecule has 4 bridgehead atoms. The molecule has 0 aromatic heterocycles. The van der Waals surface area contributed by atoms with Crippen LogP contribution in [0.2, 0.25) is 0 Å². The molecule has 4 saturated carbocycles. The second-order valence-corrected chi connectivity index (χ2v) is 8.30. The van der Waals surface area contributed by atoms with Crippen LogP contribution in [-0.2, 0) is 4.79 Å². The number of likely N-dealkylation sites (tertiary alicyclic amines) is 1. The van der Waals surface area contributed by atoms with Gasteiger partial charge in [-0.05, 0) is 75.8 Å². The first-order chi connectivity index (χ1) is 9.73. The molecule has 20 heavy (non-hydrogen) atoms. The molecule has 2 heteroatoms. The third-order valence-corrected chi connectivity index (χ3v) is 6.76. The molecular formula is C18H29NO. The SMILES string of the molecule is O=C(CN1CCCCC1)C12CC3C[C@@H](CC[C@@H](C3)C1)C2. The number of ketones is 1. The highest BCUT2D eigenvalue weighted by atomic mass is 16.1. The number of nitrogens with zero attached hydrogens (tertiary/aromatic N) is 1. The molecule has 0 aromatic rings. The fourth-order valence-electron chi connectivity index (χ4n) is 6.02. The van der Waals surface area contributed by atoms with E-state index in [2.05, 4.69) is 4.90 Å². The molecule has 5 aliphatic rings. The monoisotopic (exact) mass is 275 g/mol. The van der Waals surface area contributed by atoms with Gasteiger partial charge in [0.2, 0.25) is 0 Å². The van der Waals surface area contributed by atoms with Crippen molar-refractivity contribution in [1.82, 2.24) is 4.90 Å². The Balaban J connectivity index is 1.49. The molecule has 1 heterocycles. The van der Waals surface area contributed by atoms with Gasteiger partial charge < -0.3 is 0 Å². The van der Waals surface area contributed by atoms with Crippen molar-refractivity contribution in [3.63, 3.8) is 0 Å². The van der Waals surface area contributed by atoms with Crippen LogP contribution in [0.1, 0.15) is 64.2 Å². The van der Waals surface area contributed by atoms with Gasteiger partial charge in [-0.25, -0.2) is 0 Å². The summed E-state index contributed by atoms with van der Waals surface area (Å²) in [6, 6.07) is 0. The second kappa shape index (κ2) is 5.12. The Morgan fingerprint density at radius 2 is 1.50 bits per heavy atom. The van der Waals surface area contributed by atoms with Crippen molar-refractivity contribution in [3.05, 3.63) is 0 Å². The van der Waals surface area contributed by atoms with Gasteiger partial charge in [0.15, 0.2) is 5.78 Å². The lowest BCUT2D eigenvalue weighted by Gasteiger charge is -2.48. The Kier molecular flexibility index (Phi) is 3.41. The predicted molar refractivity (Wildman–Crippen MR) is 80.5 cm³/mol. The third-order valence-electron chi connectivity index (χ3n) is 6.76. The van der Waals surface area contributed by atoms with Gasteiger partial charge >= 0.3 is 0 Å². The third kappa shape index (κ3) is 2.34. The van der Waals surface area contributed by atoms with Gasteiger partial charge in [-0.15, -0.1) is 0 Å². The van der Waals surface area contributed by atoms with E-state index in [1.165, 1.54) is 64.2 Å². The maximum atomic E-state index is 13.1. The first-order valence-electron chi connectivity index (χ1n) is 8.99. The van der Waals surface area contributed by atoms with Crippen LogP contribution in [0.15, 0.2) is 0 Å². The van der Waals surface area contributed by atoms with Crippen LogP contribution >= 0.6 is 0 Å². The lowest BCUT2D eigenvalue weighted by Crippen LogP contribution is -2.48. The number of hydrogen-bond acceptors (Lipinski definition) is 2. The zero-order valence-corrected chi connectivity index (χ0v) is 12.8. The van der Waals surface area contributed by atoms with Crippen molar-refractivity contribution in [2.45, 2.75) is 64.2 Å². The summed E-state index contributed by atoms with van der Waals surface area (Å²) < 4.78 is 0. The molecule has 0 radical (unpaired) electrons. The molecule has 4 atom stereocenters. The van der Waals surface area contributed by atoms with Crippen molar-refractivity contribution in [3.8, 4) is 0 Å². The number of fused-ring (bicyclic) bond motifs is 1. The van der Waals surface area contributed by atoms with E-state index in [-0.39, 0.29) is 5.41 Å². The normalized spacial score (nSPS) is 44.5. The fraction of sp³-hybridized carbons (Fsp3) is 0.944. The highest BCUT2D eigenvalue weighted by Crippen LogP contribution is 2.58. The largest absolute Gasteiger partial charge is 0.298 e. The van der Waals surface area contributed by atoms with Crippen LogP contribution < -0.4 is 0 Å². The van der Waals surface area contributed by atoms with Crippen LogP contribution in [-0.4, -0.2) is 30.3 Å². The number of rotatable bonds is 3. The van der Waals surface area contributed by atoms with Crippen molar-refractivity contribution < 1.29 is 4.79 Å². The molecule has 2 unspecified atom stereocenters. The lowest BCUT2D eigenvalue weighted by molar-refractivity contribution is -0.137. The molecule has 2 nitrogen and oxygen atoms in total. The fourth-order valence-corrected chi connectivity index (χ4v) is 6.02. The van der Waals surface area contributed by atoms with Gasteiger partial charge in [0.1, 0.15) is 0 Å². The predicted octanol–water partition coefficient (Wildman–Crippen LogP) is 3.65. The molecule has 4 aliphatic carbocycles. The molecule has 1 aliphatic heterocycles. The van der Waals surface area contributed by atoms with Gasteiger partial charge in [-0.1, -0.05) is 19.3 Å². The second-order valence-electron chi connectivity index (χ2n) is 8.30. The lowest BCUT2D eigenvalue weighted by atomic mass is 9.57. The molecular weight excluding hydrogens is 246 g/mol. The number of piperidine rings is 1. The minimum atomic E-state index is 0.116. The topological polar surface area (TPSA) is 20.3 Å². The average molecular weight is 275 g/mol. The maximum absolute atomic E-state index is 13.1. The smallest absolute Gasteiger partial charge is 0.152 e. The summed E-state index contributed by atoms with van der Waals surface area (Å²) in [6.45, 7) is 3.10. The van der Waals surface area contributed by atoms with Crippen molar-refractivity contribution in [2.75, 3.05) is 19.6 Å². The van der Waals surface area contributed by atoms with E-state index in [4.69, 9.17) is 0 Å². The number of hydrogen-bond donors (Lipinski definition) is 0. The van der Waals surface area contributed by atoms with Crippen LogP contribution in [0.5, 0.6) is 0 Å². The number of carbonyl (C=O) groups excluding carboxylic acids is 1. The standard InChI is InChI=1S/C18H29NO/c20-17(13-19-6-2-1-3-7-19)18-10-14-4-5-15(11-18)9-16(8-14)12-18/h14-16H,1-13H2/t14-,15+,16?,18?. The highest BCUT2D eigenvalue weighted by Gasteiger charge is 2.52. The van der Waals surface area contributed by atoms with Crippen molar-refractivity contribution in [2.24, 2.45) is 23.2 Å². The summed E-state index contributed by atoms with van der Waals surface area (Å²) >= 11 is 0. The first kappa shape index (κ1) is 13.3. The zero-order chi connectivity index (χ0) is 13.6. The van der Waals surface area contributed by atoms with Crippen LogP contribution in [0, 0.1) is 23.2 Å².